The molecule has 0 heterocycles. The minimum absolute atomic E-state index is 0.246. The number of hydrogen-bond acceptors (Lipinski definition) is 1. The summed E-state index contributed by atoms with van der Waals surface area (Å²) in [5.41, 5.74) is 2.44. The molecule has 0 fully saturated rings. The molecule has 0 radical (unpaired) electrons. The summed E-state index contributed by atoms with van der Waals surface area (Å²) in [5, 5.41) is 10.2. The third kappa shape index (κ3) is 2.11. The van der Waals surface area contributed by atoms with Crippen LogP contribution in [0, 0.1) is 5.92 Å². The molecule has 0 saturated heterocycles. The van der Waals surface area contributed by atoms with Crippen LogP contribution in [0.3, 0.4) is 0 Å². The second kappa shape index (κ2) is 4.67. The Bertz CT molecular complexity index is 348. The van der Waals surface area contributed by atoms with E-state index < -0.39 is 0 Å². The Morgan fingerprint density at radius 2 is 2.27 bits per heavy atom. The average molecular weight is 269 g/mol. The van der Waals surface area contributed by atoms with Crippen LogP contribution >= 0.6 is 15.9 Å². The van der Waals surface area contributed by atoms with Crippen molar-refractivity contribution in [2.45, 2.75) is 38.7 Å². The summed E-state index contributed by atoms with van der Waals surface area (Å²) in [6.45, 7) is 2.20. The van der Waals surface area contributed by atoms with Gasteiger partial charge in [0.05, 0.1) is 6.10 Å². The van der Waals surface area contributed by atoms with Crippen LogP contribution in [0.15, 0.2) is 22.7 Å². The van der Waals surface area contributed by atoms with E-state index in [1.165, 1.54) is 18.4 Å². The summed E-state index contributed by atoms with van der Waals surface area (Å²) < 4.78 is 1.15. The molecular weight excluding hydrogens is 252 g/mol. The summed E-state index contributed by atoms with van der Waals surface area (Å²) in [5.74, 6) is 0.429. The van der Waals surface area contributed by atoms with Gasteiger partial charge in [0.15, 0.2) is 0 Å². The lowest BCUT2D eigenvalue weighted by molar-refractivity contribution is 0.117. The van der Waals surface area contributed by atoms with Gasteiger partial charge in [0, 0.05) is 4.47 Å². The van der Waals surface area contributed by atoms with E-state index in [1.54, 1.807) is 0 Å². The van der Waals surface area contributed by atoms with Gasteiger partial charge in [-0.1, -0.05) is 47.8 Å². The van der Waals surface area contributed by atoms with Crippen molar-refractivity contribution in [1.29, 1.82) is 0 Å². The molecule has 1 aromatic carbocycles. The van der Waals surface area contributed by atoms with Crippen molar-refractivity contribution in [3.8, 4) is 0 Å². The number of benzene rings is 1. The number of aliphatic hydroxyl groups excluding tert-OH is 1. The standard InChI is InChI=1S/C13H17BrO/c1-2-3-5-9-8-11-10(13(9)15)6-4-7-12(11)14/h4,6-7,9,13,15H,2-3,5,8H2,1H3. The van der Waals surface area contributed by atoms with E-state index in [9.17, 15) is 5.11 Å². The van der Waals surface area contributed by atoms with E-state index in [0.29, 0.717) is 5.92 Å². The molecule has 0 amide bonds. The molecule has 15 heavy (non-hydrogen) atoms. The Hall–Kier alpha value is -0.340. The Balaban J connectivity index is 2.18. The Kier molecular flexibility index (Phi) is 3.47. The zero-order chi connectivity index (χ0) is 10.8. The Labute approximate surface area is 99.6 Å². The van der Waals surface area contributed by atoms with Gasteiger partial charge in [-0.2, -0.15) is 0 Å². The van der Waals surface area contributed by atoms with Crippen LogP contribution in [-0.4, -0.2) is 5.11 Å². The fourth-order valence-electron chi connectivity index (χ4n) is 2.42. The third-order valence-electron chi connectivity index (χ3n) is 3.32. The summed E-state index contributed by atoms with van der Waals surface area (Å²) in [7, 11) is 0. The molecule has 2 heteroatoms. The van der Waals surface area contributed by atoms with Gasteiger partial charge in [-0.05, 0) is 36.0 Å². The van der Waals surface area contributed by atoms with E-state index in [2.05, 4.69) is 35.0 Å². The predicted molar refractivity (Wildman–Crippen MR) is 65.8 cm³/mol. The first-order valence-electron chi connectivity index (χ1n) is 5.69. The van der Waals surface area contributed by atoms with Crippen molar-refractivity contribution in [2.24, 2.45) is 5.92 Å². The van der Waals surface area contributed by atoms with Gasteiger partial charge in [-0.15, -0.1) is 0 Å². The molecule has 2 rings (SSSR count). The minimum Gasteiger partial charge on any atom is -0.388 e. The number of halogens is 1. The topological polar surface area (TPSA) is 20.2 Å². The van der Waals surface area contributed by atoms with Crippen LogP contribution in [0.1, 0.15) is 43.4 Å². The fraction of sp³-hybridized carbons (Fsp3) is 0.538. The van der Waals surface area contributed by atoms with Gasteiger partial charge < -0.3 is 5.11 Å². The van der Waals surface area contributed by atoms with Crippen molar-refractivity contribution in [3.63, 3.8) is 0 Å². The van der Waals surface area contributed by atoms with E-state index in [0.717, 1.165) is 22.9 Å². The first-order valence-corrected chi connectivity index (χ1v) is 6.48. The highest BCUT2D eigenvalue weighted by Crippen LogP contribution is 2.41. The first kappa shape index (κ1) is 11.2. The molecule has 0 aliphatic heterocycles. The lowest BCUT2D eigenvalue weighted by atomic mass is 9.97. The number of aliphatic hydroxyl groups is 1. The molecule has 1 N–H and O–H groups in total. The van der Waals surface area contributed by atoms with Crippen LogP contribution in [0.5, 0.6) is 0 Å². The van der Waals surface area contributed by atoms with Crippen molar-refractivity contribution in [1.82, 2.24) is 0 Å². The molecule has 2 atom stereocenters. The highest BCUT2D eigenvalue weighted by Gasteiger charge is 2.31. The second-order valence-electron chi connectivity index (χ2n) is 4.36. The molecule has 1 aliphatic rings. The Morgan fingerprint density at radius 1 is 1.47 bits per heavy atom. The lowest BCUT2D eigenvalue weighted by Crippen LogP contribution is -2.06. The zero-order valence-corrected chi connectivity index (χ0v) is 10.6. The summed E-state index contributed by atoms with van der Waals surface area (Å²) in [6, 6.07) is 6.12. The SMILES string of the molecule is CCCCC1Cc2c(Br)cccc2C1O. The van der Waals surface area contributed by atoms with E-state index in [1.807, 2.05) is 6.07 Å². The molecule has 0 saturated carbocycles. The number of unbranched alkanes of at least 4 members (excludes halogenated alkanes) is 1. The van der Waals surface area contributed by atoms with Crippen molar-refractivity contribution < 1.29 is 5.11 Å². The van der Waals surface area contributed by atoms with Gasteiger partial charge in [-0.3, -0.25) is 0 Å². The molecule has 1 aliphatic carbocycles. The maximum absolute atomic E-state index is 10.2. The van der Waals surface area contributed by atoms with Crippen LogP contribution in [0.4, 0.5) is 0 Å². The summed E-state index contributed by atoms with van der Waals surface area (Å²) >= 11 is 3.56. The number of hydrogen-bond donors (Lipinski definition) is 1. The zero-order valence-electron chi connectivity index (χ0n) is 9.04. The maximum atomic E-state index is 10.2. The average Bonchev–Trinajstić information content (AvgIpc) is 2.55. The highest BCUT2D eigenvalue weighted by molar-refractivity contribution is 9.10. The Morgan fingerprint density at radius 3 is 2.93 bits per heavy atom. The van der Waals surface area contributed by atoms with Crippen molar-refractivity contribution >= 4 is 15.9 Å². The van der Waals surface area contributed by atoms with Gasteiger partial charge in [0.1, 0.15) is 0 Å². The summed E-state index contributed by atoms with van der Waals surface area (Å²) in [6.07, 6.45) is 4.34. The second-order valence-corrected chi connectivity index (χ2v) is 5.21. The van der Waals surface area contributed by atoms with Gasteiger partial charge in [0.25, 0.3) is 0 Å². The molecule has 2 unspecified atom stereocenters. The maximum Gasteiger partial charge on any atom is 0.0824 e. The first-order chi connectivity index (χ1) is 7.24. The normalized spacial score (nSPS) is 24.2. The largest absolute Gasteiger partial charge is 0.388 e. The van der Waals surface area contributed by atoms with E-state index >= 15 is 0 Å². The molecular formula is C13H17BrO. The quantitative estimate of drug-likeness (QED) is 0.883. The van der Waals surface area contributed by atoms with Crippen LogP contribution in [-0.2, 0) is 6.42 Å². The molecule has 1 nitrogen and oxygen atoms in total. The van der Waals surface area contributed by atoms with Gasteiger partial charge in [0.2, 0.25) is 0 Å². The smallest absolute Gasteiger partial charge is 0.0824 e. The van der Waals surface area contributed by atoms with Crippen molar-refractivity contribution in [3.05, 3.63) is 33.8 Å². The molecule has 82 valence electrons. The van der Waals surface area contributed by atoms with E-state index in [-0.39, 0.29) is 6.10 Å². The predicted octanol–water partition coefficient (Wildman–Crippen LogP) is 3.85. The molecule has 0 bridgehead atoms. The monoisotopic (exact) mass is 268 g/mol. The number of rotatable bonds is 3. The van der Waals surface area contributed by atoms with Crippen molar-refractivity contribution in [2.75, 3.05) is 0 Å². The van der Waals surface area contributed by atoms with Crippen LogP contribution in [0.2, 0.25) is 0 Å². The molecule has 0 aromatic heterocycles. The molecule has 1 aromatic rings. The minimum atomic E-state index is -0.246. The fourth-order valence-corrected chi connectivity index (χ4v) is 2.97. The van der Waals surface area contributed by atoms with Crippen LogP contribution < -0.4 is 0 Å². The lowest BCUT2D eigenvalue weighted by Gasteiger charge is -2.13. The van der Waals surface area contributed by atoms with E-state index in [4.69, 9.17) is 0 Å². The third-order valence-corrected chi connectivity index (χ3v) is 4.06. The van der Waals surface area contributed by atoms with Gasteiger partial charge >= 0.3 is 0 Å². The van der Waals surface area contributed by atoms with Gasteiger partial charge in [-0.25, -0.2) is 0 Å². The summed E-state index contributed by atoms with van der Waals surface area (Å²) in [4.78, 5) is 0. The van der Waals surface area contributed by atoms with Crippen LogP contribution in [0.25, 0.3) is 0 Å². The number of fused-ring (bicyclic) bond motifs is 1. The highest BCUT2D eigenvalue weighted by atomic mass is 79.9. The molecule has 0 spiro atoms.